The zero-order valence-corrected chi connectivity index (χ0v) is 13.3. The molecule has 0 spiro atoms. The van der Waals surface area contributed by atoms with E-state index in [4.69, 9.17) is 9.47 Å². The van der Waals surface area contributed by atoms with E-state index in [0.29, 0.717) is 6.61 Å². The Kier molecular flexibility index (Phi) is 4.20. The molecule has 2 aliphatic heterocycles. The van der Waals surface area contributed by atoms with Crippen LogP contribution in [0.3, 0.4) is 0 Å². The van der Waals surface area contributed by atoms with Crippen molar-refractivity contribution in [2.45, 2.75) is 25.5 Å². The monoisotopic (exact) mass is 308 g/mol. The lowest BCUT2D eigenvalue weighted by molar-refractivity contribution is 0.0913. The molecule has 0 aromatic heterocycles. The summed E-state index contributed by atoms with van der Waals surface area (Å²) in [5, 5.41) is 0. The van der Waals surface area contributed by atoms with Crippen molar-refractivity contribution in [2.24, 2.45) is 0 Å². The van der Waals surface area contributed by atoms with Crippen molar-refractivity contribution in [3.63, 3.8) is 0 Å². The summed E-state index contributed by atoms with van der Waals surface area (Å²) >= 11 is 0. The average molecular weight is 308 g/mol. The second-order valence-corrected chi connectivity index (χ2v) is 6.25. The first-order chi connectivity index (χ1) is 11.4. The summed E-state index contributed by atoms with van der Waals surface area (Å²) in [6.07, 6.45) is 4.79. The minimum Gasteiger partial charge on any atom is -0.485 e. The molecule has 3 nitrogen and oxygen atoms in total. The Hall–Kier alpha value is -2.00. The van der Waals surface area contributed by atoms with Gasteiger partial charge in [0.05, 0.1) is 0 Å². The molecule has 0 aliphatic carbocycles. The maximum atomic E-state index is 6.07. The van der Waals surface area contributed by atoms with Gasteiger partial charge in [0, 0.05) is 6.54 Å². The molecule has 2 aromatic carbocycles. The molecule has 1 atom stereocenters. The van der Waals surface area contributed by atoms with Crippen LogP contribution in [0.1, 0.15) is 30.1 Å². The molecule has 4 rings (SSSR count). The van der Waals surface area contributed by atoms with Crippen molar-refractivity contribution in [2.75, 3.05) is 19.7 Å². The van der Waals surface area contributed by atoms with E-state index in [1.807, 2.05) is 24.3 Å². The highest BCUT2D eigenvalue weighted by Gasteiger charge is 2.22. The molecule has 1 radical (unpaired) electrons. The molecule has 0 bridgehead atoms. The van der Waals surface area contributed by atoms with E-state index in [-0.39, 0.29) is 6.10 Å². The van der Waals surface area contributed by atoms with Crippen LogP contribution < -0.4 is 9.47 Å². The maximum Gasteiger partial charge on any atom is 0.162 e. The number of hydrogen-bond acceptors (Lipinski definition) is 3. The van der Waals surface area contributed by atoms with E-state index in [0.717, 1.165) is 18.0 Å². The smallest absolute Gasteiger partial charge is 0.162 e. The molecule has 0 saturated carbocycles. The Balaban J connectivity index is 1.42. The molecule has 2 aliphatic rings. The molecule has 3 heteroatoms. The zero-order valence-electron chi connectivity index (χ0n) is 13.3. The molecule has 1 fully saturated rings. The van der Waals surface area contributed by atoms with Crippen molar-refractivity contribution in [3.05, 3.63) is 66.1 Å². The van der Waals surface area contributed by atoms with Crippen LogP contribution in [-0.2, 0) is 6.54 Å². The molecule has 2 aromatic rings. The lowest BCUT2D eigenvalue weighted by Gasteiger charge is -2.28. The molecule has 23 heavy (non-hydrogen) atoms. The molecule has 119 valence electrons. The number of para-hydroxylation sites is 2. The predicted molar refractivity (Wildman–Crippen MR) is 90.6 cm³/mol. The number of ether oxygens (including phenoxy) is 2. The fraction of sp³-hybridized carbons (Fsp3) is 0.350. The molecule has 0 amide bonds. The van der Waals surface area contributed by atoms with E-state index in [2.05, 4.69) is 35.6 Å². The minimum absolute atomic E-state index is 0.0245. The van der Waals surface area contributed by atoms with Gasteiger partial charge in [-0.2, -0.15) is 0 Å². The highest BCUT2D eigenvalue weighted by molar-refractivity contribution is 5.41. The van der Waals surface area contributed by atoms with Crippen LogP contribution in [0.25, 0.3) is 0 Å². The van der Waals surface area contributed by atoms with Gasteiger partial charge in [-0.15, -0.1) is 0 Å². The van der Waals surface area contributed by atoms with Gasteiger partial charge in [-0.3, -0.25) is 4.90 Å². The second-order valence-electron chi connectivity index (χ2n) is 6.25. The van der Waals surface area contributed by atoms with Crippen LogP contribution in [-0.4, -0.2) is 24.6 Å². The topological polar surface area (TPSA) is 21.7 Å². The van der Waals surface area contributed by atoms with Gasteiger partial charge in [-0.05, 0) is 55.6 Å². The molecule has 1 unspecified atom stereocenters. The SMILES string of the molecule is [CH]1CCN(Cc2ccc(C3COc4ccccc4O3)cc2)CC1. The number of piperidine rings is 1. The summed E-state index contributed by atoms with van der Waals surface area (Å²) in [7, 11) is 0. The Bertz CT molecular complexity index is 647. The number of rotatable bonds is 3. The first-order valence-corrected chi connectivity index (χ1v) is 8.40. The highest BCUT2D eigenvalue weighted by atomic mass is 16.6. The fourth-order valence-electron chi connectivity index (χ4n) is 3.24. The number of benzene rings is 2. The molecule has 1 saturated heterocycles. The van der Waals surface area contributed by atoms with Gasteiger partial charge in [0.1, 0.15) is 6.61 Å². The maximum absolute atomic E-state index is 6.07. The van der Waals surface area contributed by atoms with Crippen molar-refractivity contribution < 1.29 is 9.47 Å². The van der Waals surface area contributed by atoms with E-state index < -0.39 is 0 Å². The minimum atomic E-state index is -0.0245. The van der Waals surface area contributed by atoms with Crippen LogP contribution in [0.15, 0.2) is 48.5 Å². The van der Waals surface area contributed by atoms with Crippen LogP contribution in [0.4, 0.5) is 0 Å². The Labute approximate surface area is 137 Å². The van der Waals surface area contributed by atoms with E-state index in [1.54, 1.807) is 0 Å². The lowest BCUT2D eigenvalue weighted by atomic mass is 10.1. The highest BCUT2D eigenvalue weighted by Crippen LogP contribution is 2.35. The molecular formula is C20H22NO2. The van der Waals surface area contributed by atoms with E-state index in [1.165, 1.54) is 37.1 Å². The standard InChI is InChI=1S/C20H22NO2/c1-4-12-21(13-5-1)14-16-8-10-17(11-9-16)20-15-22-18-6-2-3-7-19(18)23-20/h1-3,6-11,20H,4-5,12-15H2. The number of nitrogens with zero attached hydrogens (tertiary/aromatic N) is 1. The van der Waals surface area contributed by atoms with Crippen LogP contribution in [0.5, 0.6) is 11.5 Å². The second kappa shape index (κ2) is 6.63. The Morgan fingerprint density at radius 3 is 2.43 bits per heavy atom. The van der Waals surface area contributed by atoms with Crippen molar-refractivity contribution in [3.8, 4) is 11.5 Å². The summed E-state index contributed by atoms with van der Waals surface area (Å²) in [5.74, 6) is 1.67. The molecular weight excluding hydrogens is 286 g/mol. The van der Waals surface area contributed by atoms with Crippen molar-refractivity contribution in [1.82, 2.24) is 4.90 Å². The van der Waals surface area contributed by atoms with Crippen LogP contribution in [0.2, 0.25) is 0 Å². The quantitative estimate of drug-likeness (QED) is 0.855. The summed E-state index contributed by atoms with van der Waals surface area (Å²) in [5.41, 5.74) is 2.54. The fourth-order valence-corrected chi connectivity index (χ4v) is 3.24. The average Bonchev–Trinajstić information content (AvgIpc) is 2.63. The van der Waals surface area contributed by atoms with Crippen molar-refractivity contribution in [1.29, 1.82) is 0 Å². The number of likely N-dealkylation sites (tertiary alicyclic amines) is 1. The van der Waals surface area contributed by atoms with Crippen LogP contribution >= 0.6 is 0 Å². The third-order valence-corrected chi connectivity index (χ3v) is 4.57. The van der Waals surface area contributed by atoms with Gasteiger partial charge in [-0.25, -0.2) is 0 Å². The summed E-state index contributed by atoms with van der Waals surface area (Å²) < 4.78 is 11.9. The van der Waals surface area contributed by atoms with Gasteiger partial charge < -0.3 is 9.47 Å². The summed E-state index contributed by atoms with van der Waals surface area (Å²) in [6, 6.07) is 16.6. The Morgan fingerprint density at radius 2 is 1.65 bits per heavy atom. The first kappa shape index (κ1) is 14.6. The zero-order chi connectivity index (χ0) is 15.5. The first-order valence-electron chi connectivity index (χ1n) is 8.40. The third-order valence-electron chi connectivity index (χ3n) is 4.57. The van der Waals surface area contributed by atoms with Gasteiger partial charge in [0.15, 0.2) is 17.6 Å². The summed E-state index contributed by atoms with van der Waals surface area (Å²) in [6.45, 7) is 3.97. The Morgan fingerprint density at radius 1 is 0.913 bits per heavy atom. The largest absolute Gasteiger partial charge is 0.485 e. The van der Waals surface area contributed by atoms with Gasteiger partial charge in [0.2, 0.25) is 0 Å². The van der Waals surface area contributed by atoms with Gasteiger partial charge >= 0.3 is 0 Å². The van der Waals surface area contributed by atoms with E-state index in [9.17, 15) is 0 Å². The van der Waals surface area contributed by atoms with Gasteiger partial charge in [0.25, 0.3) is 0 Å². The van der Waals surface area contributed by atoms with Crippen molar-refractivity contribution >= 4 is 0 Å². The van der Waals surface area contributed by atoms with Crippen LogP contribution in [0, 0.1) is 6.42 Å². The molecule has 0 N–H and O–H groups in total. The third kappa shape index (κ3) is 3.35. The normalized spacial score (nSPS) is 21.1. The lowest BCUT2D eigenvalue weighted by Crippen LogP contribution is -2.29. The number of fused-ring (bicyclic) bond motifs is 1. The molecule has 2 heterocycles. The van der Waals surface area contributed by atoms with E-state index >= 15 is 0 Å². The van der Waals surface area contributed by atoms with Gasteiger partial charge in [-0.1, -0.05) is 36.4 Å². The predicted octanol–water partition coefficient (Wildman–Crippen LogP) is 4.00. The number of hydrogen-bond donors (Lipinski definition) is 0. The summed E-state index contributed by atoms with van der Waals surface area (Å²) in [4.78, 5) is 2.52.